The normalized spacial score (nSPS) is 11.3. The summed E-state index contributed by atoms with van der Waals surface area (Å²) in [7, 11) is 0. The second kappa shape index (κ2) is 5.52. The zero-order chi connectivity index (χ0) is 11.1. The fraction of sp³-hybridized carbons (Fsp3) is 0.636. The van der Waals surface area contributed by atoms with Crippen molar-refractivity contribution in [3.05, 3.63) is 18.0 Å². The number of nitrogens with zero attached hydrogens (tertiary/aromatic N) is 2. The van der Waals surface area contributed by atoms with Crippen LogP contribution in [0.4, 0.5) is 0 Å². The highest BCUT2D eigenvalue weighted by Gasteiger charge is 2.15. The molecule has 0 spiro atoms. The van der Waals surface area contributed by atoms with Crippen molar-refractivity contribution in [1.29, 1.82) is 5.26 Å². The van der Waals surface area contributed by atoms with Crippen molar-refractivity contribution in [2.24, 2.45) is 5.41 Å². The molecular weight excluding hydrogens is 190 g/mol. The zero-order valence-electron chi connectivity index (χ0n) is 9.29. The average Bonchev–Trinajstić information content (AvgIpc) is 2.70. The Balaban J connectivity index is 2.06. The standard InChI is InChI=1S/C11H17N3O/c1-11(2,9-12)5-3-6-13-8-10-4-7-15-14-10/h4,7,13H,3,5-6,8H2,1-2H3. The second-order valence-electron chi connectivity index (χ2n) is 4.27. The van der Waals surface area contributed by atoms with Crippen molar-refractivity contribution >= 4 is 0 Å². The van der Waals surface area contributed by atoms with Gasteiger partial charge in [0.1, 0.15) is 6.26 Å². The lowest BCUT2D eigenvalue weighted by Crippen LogP contribution is -2.17. The SMILES string of the molecule is CC(C)(C#N)CCCNCc1ccon1. The predicted molar refractivity (Wildman–Crippen MR) is 56.8 cm³/mol. The third kappa shape index (κ3) is 4.61. The Morgan fingerprint density at radius 3 is 3.00 bits per heavy atom. The van der Waals surface area contributed by atoms with Crippen LogP contribution < -0.4 is 5.32 Å². The Morgan fingerprint density at radius 2 is 2.40 bits per heavy atom. The molecule has 0 fully saturated rings. The van der Waals surface area contributed by atoms with Crippen LogP contribution in [0, 0.1) is 16.7 Å². The van der Waals surface area contributed by atoms with Crippen molar-refractivity contribution in [2.45, 2.75) is 33.2 Å². The Kier molecular flexibility index (Phi) is 4.32. The predicted octanol–water partition coefficient (Wildman–Crippen LogP) is 2.09. The summed E-state index contributed by atoms with van der Waals surface area (Å²) < 4.78 is 4.71. The molecule has 0 amide bonds. The summed E-state index contributed by atoms with van der Waals surface area (Å²) in [6.45, 7) is 5.55. The fourth-order valence-electron chi connectivity index (χ4n) is 1.26. The van der Waals surface area contributed by atoms with Crippen LogP contribution in [-0.2, 0) is 6.54 Å². The van der Waals surface area contributed by atoms with Crippen LogP contribution in [0.5, 0.6) is 0 Å². The molecule has 1 heterocycles. The number of nitrogens with one attached hydrogen (secondary N) is 1. The van der Waals surface area contributed by atoms with Crippen LogP contribution in [0.15, 0.2) is 16.9 Å². The Hall–Kier alpha value is -1.34. The van der Waals surface area contributed by atoms with Gasteiger partial charge in [-0.25, -0.2) is 0 Å². The summed E-state index contributed by atoms with van der Waals surface area (Å²) >= 11 is 0. The van der Waals surface area contributed by atoms with Crippen LogP contribution in [0.3, 0.4) is 0 Å². The van der Waals surface area contributed by atoms with Gasteiger partial charge in [-0.2, -0.15) is 5.26 Å². The van der Waals surface area contributed by atoms with Gasteiger partial charge in [0.15, 0.2) is 0 Å². The van der Waals surface area contributed by atoms with Crippen LogP contribution in [0.25, 0.3) is 0 Å². The van der Waals surface area contributed by atoms with Crippen molar-refractivity contribution in [3.8, 4) is 6.07 Å². The van der Waals surface area contributed by atoms with Gasteiger partial charge in [0.05, 0.1) is 17.2 Å². The second-order valence-corrected chi connectivity index (χ2v) is 4.27. The molecule has 0 atom stereocenters. The minimum absolute atomic E-state index is 0.213. The molecule has 0 bridgehead atoms. The molecule has 0 saturated carbocycles. The van der Waals surface area contributed by atoms with Crippen molar-refractivity contribution in [2.75, 3.05) is 6.54 Å². The summed E-state index contributed by atoms with van der Waals surface area (Å²) in [4.78, 5) is 0. The fourth-order valence-corrected chi connectivity index (χ4v) is 1.26. The number of nitriles is 1. The van der Waals surface area contributed by atoms with Gasteiger partial charge in [-0.05, 0) is 33.2 Å². The van der Waals surface area contributed by atoms with Crippen molar-refractivity contribution in [1.82, 2.24) is 10.5 Å². The number of rotatable bonds is 6. The van der Waals surface area contributed by atoms with Gasteiger partial charge in [0, 0.05) is 12.6 Å². The first-order valence-electron chi connectivity index (χ1n) is 5.15. The van der Waals surface area contributed by atoms with E-state index in [-0.39, 0.29) is 5.41 Å². The maximum atomic E-state index is 8.81. The van der Waals surface area contributed by atoms with Gasteiger partial charge >= 0.3 is 0 Å². The van der Waals surface area contributed by atoms with E-state index in [0.29, 0.717) is 0 Å². The van der Waals surface area contributed by atoms with Crippen LogP contribution in [-0.4, -0.2) is 11.7 Å². The minimum atomic E-state index is -0.213. The van der Waals surface area contributed by atoms with Gasteiger partial charge in [0.2, 0.25) is 0 Å². The van der Waals surface area contributed by atoms with E-state index in [9.17, 15) is 0 Å². The molecule has 0 aliphatic carbocycles. The van der Waals surface area contributed by atoms with Gasteiger partial charge in [-0.1, -0.05) is 5.16 Å². The Morgan fingerprint density at radius 1 is 1.60 bits per heavy atom. The zero-order valence-corrected chi connectivity index (χ0v) is 9.29. The Bertz CT molecular complexity index is 311. The average molecular weight is 207 g/mol. The van der Waals surface area contributed by atoms with Gasteiger partial charge in [0.25, 0.3) is 0 Å². The number of hydrogen-bond donors (Lipinski definition) is 1. The molecule has 1 N–H and O–H groups in total. The summed E-state index contributed by atoms with van der Waals surface area (Å²) in [6.07, 6.45) is 3.48. The topological polar surface area (TPSA) is 61.9 Å². The number of aromatic nitrogens is 1. The highest BCUT2D eigenvalue weighted by Crippen LogP contribution is 2.19. The smallest absolute Gasteiger partial charge is 0.124 e. The van der Waals surface area contributed by atoms with E-state index in [1.54, 1.807) is 6.26 Å². The Labute approximate surface area is 90.3 Å². The van der Waals surface area contributed by atoms with Crippen molar-refractivity contribution in [3.63, 3.8) is 0 Å². The molecule has 4 heteroatoms. The molecule has 15 heavy (non-hydrogen) atoms. The summed E-state index contributed by atoms with van der Waals surface area (Å²) in [5.41, 5.74) is 0.699. The quantitative estimate of drug-likeness (QED) is 0.725. The maximum absolute atomic E-state index is 8.81. The largest absolute Gasteiger partial charge is 0.364 e. The van der Waals surface area contributed by atoms with E-state index < -0.39 is 0 Å². The number of hydrogen-bond acceptors (Lipinski definition) is 4. The van der Waals surface area contributed by atoms with E-state index in [0.717, 1.165) is 31.6 Å². The molecule has 1 aromatic heterocycles. The summed E-state index contributed by atoms with van der Waals surface area (Å²) in [5.74, 6) is 0. The molecule has 0 radical (unpaired) electrons. The molecule has 1 aromatic rings. The third-order valence-corrected chi connectivity index (χ3v) is 2.26. The molecular formula is C11H17N3O. The molecule has 0 aromatic carbocycles. The third-order valence-electron chi connectivity index (χ3n) is 2.26. The molecule has 82 valence electrons. The molecule has 4 nitrogen and oxygen atoms in total. The maximum Gasteiger partial charge on any atom is 0.124 e. The van der Waals surface area contributed by atoms with Crippen LogP contribution in [0.1, 0.15) is 32.4 Å². The van der Waals surface area contributed by atoms with Gasteiger partial charge in [-0.15, -0.1) is 0 Å². The lowest BCUT2D eigenvalue weighted by Gasteiger charge is -2.14. The van der Waals surface area contributed by atoms with Crippen LogP contribution in [0.2, 0.25) is 0 Å². The first-order valence-corrected chi connectivity index (χ1v) is 5.15. The lowest BCUT2D eigenvalue weighted by molar-refractivity contribution is 0.403. The molecule has 0 aliphatic rings. The van der Waals surface area contributed by atoms with Crippen molar-refractivity contribution < 1.29 is 4.52 Å². The summed E-state index contributed by atoms with van der Waals surface area (Å²) in [6, 6.07) is 4.13. The lowest BCUT2D eigenvalue weighted by atomic mass is 9.90. The van der Waals surface area contributed by atoms with Gasteiger partial charge < -0.3 is 9.84 Å². The summed E-state index contributed by atoms with van der Waals surface area (Å²) in [5, 5.41) is 15.8. The monoisotopic (exact) mass is 207 g/mol. The molecule has 1 rings (SSSR count). The van der Waals surface area contributed by atoms with E-state index in [2.05, 4.69) is 16.5 Å². The van der Waals surface area contributed by atoms with E-state index in [4.69, 9.17) is 9.78 Å². The highest BCUT2D eigenvalue weighted by molar-refractivity contribution is 4.94. The minimum Gasteiger partial charge on any atom is -0.364 e. The molecule has 0 saturated heterocycles. The first kappa shape index (κ1) is 11.7. The van der Waals surface area contributed by atoms with E-state index in [1.807, 2.05) is 19.9 Å². The van der Waals surface area contributed by atoms with E-state index in [1.165, 1.54) is 0 Å². The molecule has 0 unspecified atom stereocenters. The first-order chi connectivity index (χ1) is 7.14. The molecule has 0 aliphatic heterocycles. The van der Waals surface area contributed by atoms with E-state index >= 15 is 0 Å². The van der Waals surface area contributed by atoms with Crippen LogP contribution >= 0.6 is 0 Å². The van der Waals surface area contributed by atoms with Gasteiger partial charge in [-0.3, -0.25) is 0 Å². The highest BCUT2D eigenvalue weighted by atomic mass is 16.5.